The van der Waals surface area contributed by atoms with Gasteiger partial charge in [0, 0.05) is 28.6 Å². The van der Waals surface area contributed by atoms with Crippen molar-refractivity contribution in [3.63, 3.8) is 0 Å². The molecule has 1 N–H and O–H groups in total. The minimum atomic E-state index is -0.00286. The van der Waals surface area contributed by atoms with Crippen molar-refractivity contribution in [2.75, 3.05) is 13.1 Å². The summed E-state index contributed by atoms with van der Waals surface area (Å²) >= 11 is 1.43. The van der Waals surface area contributed by atoms with Crippen molar-refractivity contribution >= 4 is 17.7 Å². The zero-order valence-electron chi connectivity index (χ0n) is 14.6. The van der Waals surface area contributed by atoms with Gasteiger partial charge in [-0.05, 0) is 63.0 Å². The normalized spacial score (nSPS) is 27.1. The molecule has 134 valence electrons. The first-order valence-electron chi connectivity index (χ1n) is 8.95. The molecule has 0 aliphatic carbocycles. The van der Waals surface area contributed by atoms with Gasteiger partial charge in [-0.25, -0.2) is 0 Å². The number of carbonyl (C=O) groups is 1. The molecule has 2 aromatic rings. The van der Waals surface area contributed by atoms with Crippen LogP contribution in [0.2, 0.25) is 0 Å². The average Bonchev–Trinajstić information content (AvgIpc) is 3.13. The highest BCUT2D eigenvalue weighted by Gasteiger charge is 2.40. The van der Waals surface area contributed by atoms with Gasteiger partial charge in [0.15, 0.2) is 5.09 Å². The van der Waals surface area contributed by atoms with Crippen LogP contribution in [0.25, 0.3) is 0 Å². The third-order valence-corrected chi connectivity index (χ3v) is 6.44. The molecule has 1 aromatic carbocycles. The second-order valence-corrected chi connectivity index (χ2v) is 8.08. The van der Waals surface area contributed by atoms with Gasteiger partial charge in [0.25, 0.3) is 5.91 Å². The number of nitrogens with zero attached hydrogens (tertiary/aromatic N) is 2. The van der Waals surface area contributed by atoms with E-state index in [0.717, 1.165) is 18.0 Å². The monoisotopic (exact) mass is 367 g/mol. The second-order valence-electron chi connectivity index (χ2n) is 7.01. The van der Waals surface area contributed by atoms with Crippen LogP contribution in [0.5, 0.6) is 0 Å². The lowest BCUT2D eigenvalue weighted by Gasteiger charge is -2.49. The molecule has 3 aliphatic heterocycles. The van der Waals surface area contributed by atoms with Gasteiger partial charge < -0.3 is 9.73 Å². The van der Waals surface area contributed by atoms with Crippen LogP contribution in [0, 0.1) is 17.2 Å². The number of furan rings is 1. The van der Waals surface area contributed by atoms with Crippen LogP contribution >= 0.6 is 11.8 Å². The Labute approximate surface area is 157 Å². The molecule has 6 heteroatoms. The molecule has 0 radical (unpaired) electrons. The number of benzene rings is 1. The Morgan fingerprint density at radius 1 is 1.31 bits per heavy atom. The fourth-order valence-corrected chi connectivity index (χ4v) is 4.79. The highest BCUT2D eigenvalue weighted by atomic mass is 32.2. The van der Waals surface area contributed by atoms with E-state index in [1.807, 2.05) is 30.3 Å². The predicted molar refractivity (Wildman–Crippen MR) is 99.0 cm³/mol. The summed E-state index contributed by atoms with van der Waals surface area (Å²) < 4.78 is 5.33. The Morgan fingerprint density at radius 3 is 2.65 bits per heavy atom. The maximum Gasteiger partial charge on any atom is 0.251 e. The third kappa shape index (κ3) is 3.37. The summed E-state index contributed by atoms with van der Waals surface area (Å²) in [6.45, 7) is 4.53. The molecule has 5 nitrogen and oxygen atoms in total. The first-order valence-corrected chi connectivity index (χ1v) is 9.77. The van der Waals surface area contributed by atoms with Crippen molar-refractivity contribution in [2.45, 2.75) is 41.8 Å². The maximum absolute atomic E-state index is 12.7. The molecule has 3 aliphatic rings. The van der Waals surface area contributed by atoms with Crippen LogP contribution in [0.3, 0.4) is 0 Å². The highest BCUT2D eigenvalue weighted by Crippen LogP contribution is 2.32. The lowest BCUT2D eigenvalue weighted by molar-refractivity contribution is 0.0217. The number of carbonyl (C=O) groups excluding carboxylic acids is 1. The van der Waals surface area contributed by atoms with E-state index in [1.54, 1.807) is 6.07 Å². The molecule has 2 atom stereocenters. The van der Waals surface area contributed by atoms with Gasteiger partial charge in [0.05, 0.1) is 5.56 Å². The Balaban J connectivity index is 1.40. The third-order valence-electron chi connectivity index (χ3n) is 5.51. The van der Waals surface area contributed by atoms with Crippen LogP contribution in [0.15, 0.2) is 51.0 Å². The summed E-state index contributed by atoms with van der Waals surface area (Å²) in [6, 6.07) is 11.9. The Bertz CT molecular complexity index is 829. The fourth-order valence-electron chi connectivity index (χ4n) is 4.00. The average molecular weight is 367 g/mol. The SMILES string of the molecule is C[C@@H]1[C@H](NC(=O)c2ccc(Sc3cc(C#N)co3)cc2)C2CCN1CC2. The smallest absolute Gasteiger partial charge is 0.251 e. The molecule has 2 bridgehead atoms. The van der Waals surface area contributed by atoms with Crippen LogP contribution < -0.4 is 5.32 Å². The number of nitrogens with one attached hydrogen (secondary N) is 1. The fraction of sp³-hybridized carbons (Fsp3) is 0.400. The number of piperidine rings is 3. The molecule has 4 heterocycles. The van der Waals surface area contributed by atoms with E-state index in [2.05, 4.69) is 17.1 Å². The molecule has 0 saturated carbocycles. The standard InChI is InChI=1S/C20H21N3O2S/c1-13-19(15-6-8-23(13)9-7-15)22-20(24)16-2-4-17(5-3-16)26-18-10-14(11-21)12-25-18/h2-5,10,12-13,15,19H,6-9H2,1H3,(H,22,24)/t13-,19+/m1/s1. The molecule has 3 fully saturated rings. The Morgan fingerprint density at radius 2 is 2.04 bits per heavy atom. The maximum atomic E-state index is 12.7. The van der Waals surface area contributed by atoms with Crippen molar-refractivity contribution in [3.8, 4) is 6.07 Å². The van der Waals surface area contributed by atoms with Gasteiger partial charge in [-0.1, -0.05) is 11.8 Å². The minimum absolute atomic E-state index is 0.00286. The molecule has 0 spiro atoms. The Kier molecular flexibility index (Phi) is 4.75. The minimum Gasteiger partial charge on any atom is -0.456 e. The van der Waals surface area contributed by atoms with Gasteiger partial charge in [0.2, 0.25) is 0 Å². The number of nitriles is 1. The number of rotatable bonds is 4. The Hall–Kier alpha value is -2.23. The summed E-state index contributed by atoms with van der Waals surface area (Å²) in [5.74, 6) is 0.596. The van der Waals surface area contributed by atoms with Crippen molar-refractivity contribution < 1.29 is 9.21 Å². The lowest BCUT2D eigenvalue weighted by Crippen LogP contribution is -2.62. The van der Waals surface area contributed by atoms with E-state index in [4.69, 9.17) is 9.68 Å². The molecular formula is C20H21N3O2S. The van der Waals surface area contributed by atoms with Crippen LogP contribution in [0.4, 0.5) is 0 Å². The summed E-state index contributed by atoms with van der Waals surface area (Å²) in [6.07, 6.45) is 3.80. The lowest BCUT2D eigenvalue weighted by atomic mass is 9.79. The highest BCUT2D eigenvalue weighted by molar-refractivity contribution is 7.99. The molecule has 5 rings (SSSR count). The first-order chi connectivity index (χ1) is 12.6. The number of amides is 1. The van der Waals surface area contributed by atoms with E-state index in [1.165, 1.54) is 30.9 Å². The van der Waals surface area contributed by atoms with E-state index in [0.29, 0.717) is 28.2 Å². The summed E-state index contributed by atoms with van der Waals surface area (Å²) in [5, 5.41) is 12.8. The topological polar surface area (TPSA) is 69.3 Å². The largest absolute Gasteiger partial charge is 0.456 e. The van der Waals surface area contributed by atoms with E-state index < -0.39 is 0 Å². The van der Waals surface area contributed by atoms with Gasteiger partial charge in [-0.3, -0.25) is 9.69 Å². The summed E-state index contributed by atoms with van der Waals surface area (Å²) in [4.78, 5) is 16.1. The van der Waals surface area contributed by atoms with E-state index in [9.17, 15) is 4.79 Å². The van der Waals surface area contributed by atoms with Crippen LogP contribution in [0.1, 0.15) is 35.7 Å². The van der Waals surface area contributed by atoms with E-state index in [-0.39, 0.29) is 11.9 Å². The van der Waals surface area contributed by atoms with Crippen LogP contribution in [-0.2, 0) is 0 Å². The summed E-state index contributed by atoms with van der Waals surface area (Å²) in [5.41, 5.74) is 1.19. The zero-order valence-corrected chi connectivity index (χ0v) is 15.5. The number of hydrogen-bond donors (Lipinski definition) is 1. The molecule has 3 saturated heterocycles. The molecule has 26 heavy (non-hydrogen) atoms. The predicted octanol–water partition coefficient (Wildman–Crippen LogP) is 3.51. The van der Waals surface area contributed by atoms with Gasteiger partial charge >= 0.3 is 0 Å². The molecule has 1 aromatic heterocycles. The number of fused-ring (bicyclic) bond motifs is 3. The van der Waals surface area contributed by atoms with Crippen molar-refractivity contribution in [3.05, 3.63) is 47.7 Å². The molecule has 1 amide bonds. The van der Waals surface area contributed by atoms with Crippen molar-refractivity contribution in [1.82, 2.24) is 10.2 Å². The van der Waals surface area contributed by atoms with Crippen molar-refractivity contribution in [2.24, 2.45) is 5.92 Å². The molecule has 0 unspecified atom stereocenters. The number of hydrogen-bond acceptors (Lipinski definition) is 5. The van der Waals surface area contributed by atoms with E-state index >= 15 is 0 Å². The van der Waals surface area contributed by atoms with Crippen molar-refractivity contribution in [1.29, 1.82) is 5.26 Å². The van der Waals surface area contributed by atoms with Gasteiger partial charge in [-0.15, -0.1) is 0 Å². The van der Waals surface area contributed by atoms with Gasteiger partial charge in [0.1, 0.15) is 12.3 Å². The molecular weight excluding hydrogens is 346 g/mol. The zero-order chi connectivity index (χ0) is 18.1. The van der Waals surface area contributed by atoms with Gasteiger partial charge in [-0.2, -0.15) is 5.26 Å². The summed E-state index contributed by atoms with van der Waals surface area (Å²) in [7, 11) is 0. The first kappa shape index (κ1) is 17.2. The second kappa shape index (κ2) is 7.18. The van der Waals surface area contributed by atoms with Crippen LogP contribution in [-0.4, -0.2) is 36.0 Å². The quantitative estimate of drug-likeness (QED) is 0.895.